The number of halogens is 1. The summed E-state index contributed by atoms with van der Waals surface area (Å²) >= 11 is 6.19. The molecule has 0 saturated carbocycles. The van der Waals surface area contributed by atoms with Crippen LogP contribution in [0.3, 0.4) is 0 Å². The van der Waals surface area contributed by atoms with Crippen LogP contribution in [0, 0.1) is 0 Å². The van der Waals surface area contributed by atoms with Gasteiger partial charge in [-0.1, -0.05) is 41.9 Å². The molecule has 0 fully saturated rings. The summed E-state index contributed by atoms with van der Waals surface area (Å²) in [5, 5.41) is 5.06. The molecule has 4 rings (SSSR count). The van der Waals surface area contributed by atoms with Gasteiger partial charge in [0.2, 0.25) is 0 Å². The van der Waals surface area contributed by atoms with Crippen molar-refractivity contribution < 1.29 is 23.8 Å². The van der Waals surface area contributed by atoms with E-state index in [0.717, 1.165) is 17.2 Å². The lowest BCUT2D eigenvalue weighted by molar-refractivity contribution is -0.119. The Morgan fingerprint density at radius 3 is 2.66 bits per heavy atom. The minimum absolute atomic E-state index is 0.192. The lowest BCUT2D eigenvalue weighted by atomic mass is 10.1. The van der Waals surface area contributed by atoms with Crippen molar-refractivity contribution in [3.63, 3.8) is 0 Å². The van der Waals surface area contributed by atoms with Gasteiger partial charge in [0.25, 0.3) is 5.91 Å². The van der Waals surface area contributed by atoms with Crippen molar-refractivity contribution in [2.45, 2.75) is 6.42 Å². The highest BCUT2D eigenvalue weighted by molar-refractivity contribution is 6.32. The van der Waals surface area contributed by atoms with E-state index in [1.54, 1.807) is 6.07 Å². The molecule has 0 bridgehead atoms. The van der Waals surface area contributed by atoms with E-state index in [4.69, 9.17) is 25.8 Å². The molecule has 0 saturated heterocycles. The summed E-state index contributed by atoms with van der Waals surface area (Å²) < 4.78 is 16.2. The van der Waals surface area contributed by atoms with Gasteiger partial charge in [-0.25, -0.2) is 4.79 Å². The summed E-state index contributed by atoms with van der Waals surface area (Å²) in [7, 11) is 0. The highest BCUT2D eigenvalue weighted by Gasteiger charge is 2.19. The third kappa shape index (κ3) is 4.43. The number of nitrogens with one attached hydrogen (secondary N) is 1. The summed E-state index contributed by atoms with van der Waals surface area (Å²) in [5.41, 5.74) is 0.820. The van der Waals surface area contributed by atoms with E-state index >= 15 is 0 Å². The van der Waals surface area contributed by atoms with Gasteiger partial charge >= 0.3 is 5.97 Å². The number of carbonyl (C=O) groups excluding carboxylic acids is 2. The minimum Gasteiger partial charge on any atom is -0.489 e. The van der Waals surface area contributed by atoms with Crippen LogP contribution in [0.25, 0.3) is 10.8 Å². The third-order valence-electron chi connectivity index (χ3n) is 4.41. The molecule has 1 aliphatic rings. The number of hydrogen-bond acceptors (Lipinski definition) is 5. The van der Waals surface area contributed by atoms with Gasteiger partial charge in [-0.15, -0.1) is 0 Å². The van der Waals surface area contributed by atoms with Gasteiger partial charge in [-0.3, -0.25) is 4.79 Å². The van der Waals surface area contributed by atoms with Crippen molar-refractivity contribution in [2.24, 2.45) is 0 Å². The van der Waals surface area contributed by atoms with Crippen molar-refractivity contribution in [3.05, 3.63) is 65.2 Å². The van der Waals surface area contributed by atoms with Crippen LogP contribution in [0.5, 0.6) is 11.5 Å². The maximum absolute atomic E-state index is 12.3. The zero-order chi connectivity index (χ0) is 20.2. The molecule has 7 heteroatoms. The minimum atomic E-state index is -0.670. The lowest BCUT2D eigenvalue weighted by Crippen LogP contribution is -2.21. The van der Waals surface area contributed by atoms with Gasteiger partial charge in [0.05, 0.1) is 23.8 Å². The van der Waals surface area contributed by atoms with Gasteiger partial charge in [-0.2, -0.15) is 0 Å². The Kier molecular flexibility index (Phi) is 5.53. The zero-order valence-corrected chi connectivity index (χ0v) is 16.2. The summed E-state index contributed by atoms with van der Waals surface area (Å²) in [4.78, 5) is 24.5. The van der Waals surface area contributed by atoms with Crippen LogP contribution in [0.4, 0.5) is 5.69 Å². The average Bonchev–Trinajstić information content (AvgIpc) is 2.98. The fourth-order valence-corrected chi connectivity index (χ4v) is 3.29. The first-order chi connectivity index (χ1) is 14.1. The number of benzene rings is 3. The number of fused-ring (bicyclic) bond motifs is 2. The lowest BCUT2D eigenvalue weighted by Gasteiger charge is -2.11. The second kappa shape index (κ2) is 8.41. The summed E-state index contributed by atoms with van der Waals surface area (Å²) in [6.45, 7) is 0.541. The molecule has 0 unspecified atom stereocenters. The first-order valence-corrected chi connectivity index (χ1v) is 9.53. The Morgan fingerprint density at radius 2 is 1.79 bits per heavy atom. The Labute approximate surface area is 172 Å². The summed E-state index contributed by atoms with van der Waals surface area (Å²) in [5.74, 6) is -0.303. The molecule has 29 heavy (non-hydrogen) atoms. The molecule has 0 aromatic heterocycles. The topological polar surface area (TPSA) is 73.9 Å². The molecule has 1 aliphatic heterocycles. The molecular formula is C22H18ClNO5. The highest BCUT2D eigenvalue weighted by atomic mass is 35.5. The standard InChI is InChI=1S/C22H18ClNO5/c23-18-11-16(12-19-21(18)28-9-3-8-27-19)22(26)29-13-20(25)24-17-7-6-14-4-1-2-5-15(14)10-17/h1-2,4-7,10-12H,3,8-9,13H2,(H,24,25). The fourth-order valence-electron chi connectivity index (χ4n) is 3.03. The molecule has 0 atom stereocenters. The predicted octanol–water partition coefficient (Wildman–Crippen LogP) is 4.45. The van der Waals surface area contributed by atoms with Crippen LogP contribution >= 0.6 is 11.6 Å². The Hall–Kier alpha value is -3.25. The first kappa shape index (κ1) is 19.1. The number of esters is 1. The molecule has 6 nitrogen and oxygen atoms in total. The number of amides is 1. The van der Waals surface area contributed by atoms with Crippen LogP contribution in [-0.4, -0.2) is 31.7 Å². The zero-order valence-electron chi connectivity index (χ0n) is 15.4. The third-order valence-corrected chi connectivity index (χ3v) is 4.69. The Morgan fingerprint density at radius 1 is 1.00 bits per heavy atom. The molecule has 3 aromatic rings. The van der Waals surface area contributed by atoms with Crippen LogP contribution in [0.15, 0.2) is 54.6 Å². The maximum Gasteiger partial charge on any atom is 0.338 e. The van der Waals surface area contributed by atoms with E-state index in [1.807, 2.05) is 36.4 Å². The van der Waals surface area contributed by atoms with Crippen LogP contribution in [0.2, 0.25) is 5.02 Å². The Bertz CT molecular complexity index is 1080. The molecule has 0 radical (unpaired) electrons. The van der Waals surface area contributed by atoms with Gasteiger partial charge < -0.3 is 19.5 Å². The molecular weight excluding hydrogens is 394 g/mol. The largest absolute Gasteiger partial charge is 0.489 e. The number of hydrogen-bond donors (Lipinski definition) is 1. The summed E-state index contributed by atoms with van der Waals surface area (Å²) in [6.07, 6.45) is 0.722. The number of ether oxygens (including phenoxy) is 3. The number of carbonyl (C=O) groups is 2. The van der Waals surface area contributed by atoms with Crippen LogP contribution in [0.1, 0.15) is 16.8 Å². The molecule has 148 valence electrons. The Balaban J connectivity index is 1.39. The highest BCUT2D eigenvalue weighted by Crippen LogP contribution is 2.38. The van der Waals surface area contributed by atoms with Crippen molar-refractivity contribution in [1.29, 1.82) is 0 Å². The average molecular weight is 412 g/mol. The SMILES string of the molecule is O=C(COC(=O)c1cc(Cl)c2c(c1)OCCCO2)Nc1ccc2ccccc2c1. The van der Waals surface area contributed by atoms with E-state index in [9.17, 15) is 9.59 Å². The molecule has 0 aliphatic carbocycles. The number of anilines is 1. The normalized spacial score (nSPS) is 12.9. The first-order valence-electron chi connectivity index (χ1n) is 9.15. The molecule has 0 spiro atoms. The quantitative estimate of drug-likeness (QED) is 0.642. The van der Waals surface area contributed by atoms with Crippen molar-refractivity contribution in [3.8, 4) is 11.5 Å². The van der Waals surface area contributed by atoms with Crippen molar-refractivity contribution in [2.75, 3.05) is 25.1 Å². The van der Waals surface area contributed by atoms with E-state index in [1.165, 1.54) is 12.1 Å². The van der Waals surface area contributed by atoms with Gasteiger partial charge in [0.15, 0.2) is 18.1 Å². The molecule has 1 amide bonds. The van der Waals surface area contributed by atoms with E-state index in [2.05, 4.69) is 5.32 Å². The molecule has 1 heterocycles. The van der Waals surface area contributed by atoms with E-state index in [-0.39, 0.29) is 10.6 Å². The van der Waals surface area contributed by atoms with Gasteiger partial charge in [0.1, 0.15) is 0 Å². The smallest absolute Gasteiger partial charge is 0.338 e. The molecule has 3 aromatic carbocycles. The fraction of sp³-hybridized carbons (Fsp3) is 0.182. The number of rotatable bonds is 4. The van der Waals surface area contributed by atoms with Gasteiger partial charge in [0, 0.05) is 12.1 Å². The van der Waals surface area contributed by atoms with Crippen molar-refractivity contribution >= 4 is 39.9 Å². The van der Waals surface area contributed by atoms with Crippen LogP contribution in [-0.2, 0) is 9.53 Å². The van der Waals surface area contributed by atoms with E-state index < -0.39 is 18.5 Å². The molecule has 1 N–H and O–H groups in total. The summed E-state index contributed by atoms with van der Waals surface area (Å²) in [6, 6.07) is 16.3. The maximum atomic E-state index is 12.3. The predicted molar refractivity (Wildman–Crippen MR) is 110 cm³/mol. The van der Waals surface area contributed by atoms with Crippen molar-refractivity contribution in [1.82, 2.24) is 0 Å². The van der Waals surface area contributed by atoms with E-state index in [0.29, 0.717) is 30.4 Å². The van der Waals surface area contributed by atoms with Crippen LogP contribution < -0.4 is 14.8 Å². The van der Waals surface area contributed by atoms with Gasteiger partial charge in [-0.05, 0) is 35.0 Å². The second-order valence-corrected chi connectivity index (χ2v) is 6.93. The second-order valence-electron chi connectivity index (χ2n) is 6.52. The monoisotopic (exact) mass is 411 g/mol.